The second-order valence-corrected chi connectivity index (χ2v) is 2.21. The van der Waals surface area contributed by atoms with Gasteiger partial charge in [0.05, 0.1) is 5.56 Å². The predicted molar refractivity (Wildman–Crippen MR) is 37.2 cm³/mol. The monoisotopic (exact) mass is 156 g/mol. The molecule has 0 saturated carbocycles. The van der Waals surface area contributed by atoms with Gasteiger partial charge in [0.1, 0.15) is 5.69 Å². The number of nitrogens with two attached hydrogens (primary N) is 1. The molecular weight excluding hydrogens is 148 g/mol. The summed E-state index contributed by atoms with van der Waals surface area (Å²) in [6, 6.07) is 0. The predicted octanol–water partition coefficient (Wildman–Crippen LogP) is -0.614. The third-order valence-corrected chi connectivity index (χ3v) is 1.43. The minimum atomic E-state index is -0.657. The van der Waals surface area contributed by atoms with Gasteiger partial charge in [-0.25, -0.2) is 9.53 Å². The van der Waals surface area contributed by atoms with Gasteiger partial charge in [-0.15, -0.1) is 0 Å². The van der Waals surface area contributed by atoms with Crippen LogP contribution in [0.15, 0.2) is 9.32 Å². The molecule has 1 aromatic heterocycles. The maximum Gasteiger partial charge on any atom is 0.361 e. The summed E-state index contributed by atoms with van der Waals surface area (Å²) in [7, 11) is 1.45. The summed E-state index contributed by atoms with van der Waals surface area (Å²) < 4.78 is 5.64. The highest BCUT2D eigenvalue weighted by atomic mass is 16.5. The number of hydrogen-bond donors (Lipinski definition) is 1. The van der Waals surface area contributed by atoms with Crippen LogP contribution in [0.4, 0.5) is 0 Å². The van der Waals surface area contributed by atoms with Gasteiger partial charge in [-0.1, -0.05) is 0 Å². The van der Waals surface area contributed by atoms with E-state index >= 15 is 0 Å². The number of aryl methyl sites for hydroxylation is 1. The Balaban J connectivity index is 3.46. The molecule has 0 atom stereocenters. The first-order valence-corrected chi connectivity index (χ1v) is 3.00. The average Bonchev–Trinajstić information content (AvgIpc) is 2.07. The van der Waals surface area contributed by atoms with Crippen LogP contribution in [0.2, 0.25) is 0 Å². The van der Waals surface area contributed by atoms with Crippen molar-refractivity contribution in [2.45, 2.75) is 6.92 Å². The normalized spacial score (nSPS) is 10.0. The summed E-state index contributed by atoms with van der Waals surface area (Å²) in [5.74, 6) is -0.657. The zero-order valence-electron chi connectivity index (χ0n) is 6.25. The highest BCUT2D eigenvalue weighted by Gasteiger charge is 2.14. The molecule has 60 valence electrons. The molecule has 0 fully saturated rings. The van der Waals surface area contributed by atoms with Gasteiger partial charge >= 0.3 is 5.63 Å². The van der Waals surface area contributed by atoms with Gasteiger partial charge in [0.15, 0.2) is 0 Å². The second kappa shape index (κ2) is 2.26. The molecule has 0 aliphatic heterocycles. The largest absolute Gasteiger partial charge is 0.364 e. The SMILES string of the molecule is Cc1c(C(N)=O)n(C)oc1=O. The quantitative estimate of drug-likeness (QED) is 0.588. The number of carbonyl (C=O) groups excluding carboxylic acids is 1. The van der Waals surface area contributed by atoms with E-state index in [0.29, 0.717) is 0 Å². The maximum atomic E-state index is 10.8. The van der Waals surface area contributed by atoms with E-state index in [0.717, 1.165) is 4.74 Å². The lowest BCUT2D eigenvalue weighted by Crippen LogP contribution is -2.16. The minimum absolute atomic E-state index is 0.120. The fourth-order valence-corrected chi connectivity index (χ4v) is 0.911. The molecule has 11 heavy (non-hydrogen) atoms. The molecule has 0 bridgehead atoms. The summed E-state index contributed by atoms with van der Waals surface area (Å²) >= 11 is 0. The van der Waals surface area contributed by atoms with Crippen molar-refractivity contribution in [1.29, 1.82) is 0 Å². The van der Waals surface area contributed by atoms with Crippen LogP contribution in [0.25, 0.3) is 0 Å². The maximum absolute atomic E-state index is 10.8. The van der Waals surface area contributed by atoms with Gasteiger partial charge in [0, 0.05) is 7.05 Å². The topological polar surface area (TPSA) is 78.2 Å². The standard InChI is InChI=1S/C6H8N2O3/c1-3-4(5(7)9)8(2)11-6(3)10/h1-2H3,(H2,7,9). The number of primary amides is 1. The zero-order valence-corrected chi connectivity index (χ0v) is 6.25. The Morgan fingerprint density at radius 2 is 2.18 bits per heavy atom. The number of carbonyl (C=O) groups is 1. The van der Waals surface area contributed by atoms with Crippen molar-refractivity contribution in [1.82, 2.24) is 4.74 Å². The van der Waals surface area contributed by atoms with Crippen molar-refractivity contribution < 1.29 is 9.32 Å². The van der Waals surface area contributed by atoms with E-state index in [2.05, 4.69) is 4.52 Å². The van der Waals surface area contributed by atoms with Gasteiger partial charge in [0.25, 0.3) is 5.91 Å². The number of hydrogen-bond acceptors (Lipinski definition) is 3. The van der Waals surface area contributed by atoms with Crippen LogP contribution in [0, 0.1) is 6.92 Å². The molecule has 0 spiro atoms. The Morgan fingerprint density at radius 3 is 2.36 bits per heavy atom. The fraction of sp³-hybridized carbons (Fsp3) is 0.333. The van der Waals surface area contributed by atoms with Crippen LogP contribution >= 0.6 is 0 Å². The Bertz CT molecular complexity index is 347. The summed E-state index contributed by atoms with van der Waals surface area (Å²) in [5, 5.41) is 0. The summed E-state index contributed by atoms with van der Waals surface area (Å²) in [5.41, 5.74) is 4.81. The van der Waals surface area contributed by atoms with Crippen LogP contribution < -0.4 is 11.4 Å². The molecular formula is C6H8N2O3. The van der Waals surface area contributed by atoms with E-state index in [1.54, 1.807) is 0 Å². The van der Waals surface area contributed by atoms with E-state index in [1.807, 2.05) is 0 Å². The molecule has 0 saturated heterocycles. The van der Waals surface area contributed by atoms with Gasteiger partial charge in [-0.3, -0.25) is 4.79 Å². The number of rotatable bonds is 1. The smallest absolute Gasteiger partial charge is 0.361 e. The lowest BCUT2D eigenvalue weighted by Gasteiger charge is -1.93. The first-order chi connectivity index (χ1) is 5.04. The summed E-state index contributed by atoms with van der Waals surface area (Å²) in [4.78, 5) is 21.4. The lowest BCUT2D eigenvalue weighted by molar-refractivity contribution is 0.0980. The number of amides is 1. The number of nitrogens with zero attached hydrogens (tertiary/aromatic N) is 1. The molecule has 1 rings (SSSR count). The van der Waals surface area contributed by atoms with E-state index < -0.39 is 11.5 Å². The van der Waals surface area contributed by atoms with Crippen molar-refractivity contribution in [3.05, 3.63) is 21.7 Å². The lowest BCUT2D eigenvalue weighted by atomic mass is 10.2. The molecule has 0 radical (unpaired) electrons. The summed E-state index contributed by atoms with van der Waals surface area (Å²) in [6.07, 6.45) is 0. The first kappa shape index (κ1) is 7.59. The van der Waals surface area contributed by atoms with Crippen LogP contribution in [0.1, 0.15) is 16.1 Å². The molecule has 1 heterocycles. The second-order valence-electron chi connectivity index (χ2n) is 2.21. The molecule has 2 N–H and O–H groups in total. The third kappa shape index (κ3) is 1.04. The highest BCUT2D eigenvalue weighted by molar-refractivity contribution is 5.92. The highest BCUT2D eigenvalue weighted by Crippen LogP contribution is 2.00. The van der Waals surface area contributed by atoms with Crippen molar-refractivity contribution >= 4 is 5.91 Å². The first-order valence-electron chi connectivity index (χ1n) is 3.00. The molecule has 0 aliphatic rings. The van der Waals surface area contributed by atoms with Crippen molar-refractivity contribution in [3.63, 3.8) is 0 Å². The molecule has 0 aromatic carbocycles. The van der Waals surface area contributed by atoms with Gasteiger partial charge in [0.2, 0.25) is 0 Å². The van der Waals surface area contributed by atoms with Crippen LogP contribution in [0.3, 0.4) is 0 Å². The zero-order chi connectivity index (χ0) is 8.59. The minimum Gasteiger partial charge on any atom is -0.364 e. The van der Waals surface area contributed by atoms with Crippen molar-refractivity contribution in [2.24, 2.45) is 12.8 Å². The van der Waals surface area contributed by atoms with Crippen molar-refractivity contribution in [2.75, 3.05) is 0 Å². The van der Waals surface area contributed by atoms with Crippen LogP contribution in [-0.4, -0.2) is 10.6 Å². The van der Waals surface area contributed by atoms with Gasteiger partial charge in [-0.05, 0) is 6.92 Å². The number of aromatic nitrogens is 1. The molecule has 1 aromatic rings. The Hall–Kier alpha value is -1.52. The van der Waals surface area contributed by atoms with Crippen LogP contribution in [0.5, 0.6) is 0 Å². The fourth-order valence-electron chi connectivity index (χ4n) is 0.911. The molecule has 0 aliphatic carbocycles. The Labute approximate surface area is 62.4 Å². The summed E-state index contributed by atoms with van der Waals surface area (Å²) in [6.45, 7) is 1.49. The third-order valence-electron chi connectivity index (χ3n) is 1.43. The van der Waals surface area contributed by atoms with Crippen molar-refractivity contribution in [3.8, 4) is 0 Å². The van der Waals surface area contributed by atoms with Crippen LogP contribution in [-0.2, 0) is 7.05 Å². The van der Waals surface area contributed by atoms with E-state index in [-0.39, 0.29) is 11.3 Å². The molecule has 0 unspecified atom stereocenters. The van der Waals surface area contributed by atoms with E-state index in [9.17, 15) is 9.59 Å². The van der Waals surface area contributed by atoms with E-state index in [1.165, 1.54) is 14.0 Å². The molecule has 5 nitrogen and oxygen atoms in total. The van der Waals surface area contributed by atoms with Gasteiger partial charge in [-0.2, -0.15) is 0 Å². The van der Waals surface area contributed by atoms with E-state index in [4.69, 9.17) is 5.73 Å². The Kier molecular flexibility index (Phi) is 1.56. The average molecular weight is 156 g/mol. The van der Waals surface area contributed by atoms with Gasteiger partial charge < -0.3 is 10.3 Å². The molecule has 5 heteroatoms. The Morgan fingerprint density at radius 1 is 1.64 bits per heavy atom. The molecule has 1 amide bonds.